The highest BCUT2D eigenvalue weighted by molar-refractivity contribution is 5.95. The second kappa shape index (κ2) is 5.59. The predicted molar refractivity (Wildman–Crippen MR) is 76.9 cm³/mol. The molecule has 4 nitrogen and oxygen atoms in total. The second-order valence-corrected chi connectivity index (χ2v) is 5.62. The normalized spacial score (nSPS) is 23.4. The van der Waals surface area contributed by atoms with Crippen molar-refractivity contribution in [3.05, 3.63) is 23.4 Å². The second-order valence-electron chi connectivity index (χ2n) is 5.62. The number of aryl methyl sites for hydroxylation is 1. The van der Waals surface area contributed by atoms with Gasteiger partial charge in [-0.2, -0.15) is 0 Å². The Labute approximate surface area is 115 Å². The van der Waals surface area contributed by atoms with Crippen LogP contribution in [0.2, 0.25) is 0 Å². The van der Waals surface area contributed by atoms with Crippen LogP contribution < -0.4 is 5.73 Å². The van der Waals surface area contributed by atoms with E-state index in [0.717, 1.165) is 31.6 Å². The van der Waals surface area contributed by atoms with Crippen LogP contribution in [0.15, 0.2) is 12.1 Å². The molecule has 1 aliphatic rings. The zero-order valence-corrected chi connectivity index (χ0v) is 12.0. The Hall–Kier alpha value is -1.58. The van der Waals surface area contributed by atoms with Crippen LogP contribution in [-0.2, 0) is 6.42 Å². The number of likely N-dealkylation sites (tertiary alicyclic amines) is 1. The summed E-state index contributed by atoms with van der Waals surface area (Å²) in [7, 11) is 0. The van der Waals surface area contributed by atoms with Gasteiger partial charge in [-0.15, -0.1) is 0 Å². The van der Waals surface area contributed by atoms with E-state index in [2.05, 4.69) is 18.8 Å². The van der Waals surface area contributed by atoms with Gasteiger partial charge in [-0.1, -0.05) is 20.8 Å². The minimum absolute atomic E-state index is 0.0857. The molecule has 0 bridgehead atoms. The molecule has 2 atom stereocenters. The number of nitrogens with zero attached hydrogens (tertiary/aromatic N) is 2. The van der Waals surface area contributed by atoms with Crippen LogP contribution in [0.1, 0.15) is 43.2 Å². The molecule has 2 heterocycles. The molecule has 0 aromatic carbocycles. The molecule has 1 aliphatic heterocycles. The maximum atomic E-state index is 12.5. The van der Waals surface area contributed by atoms with Gasteiger partial charge >= 0.3 is 0 Å². The molecule has 1 aromatic heterocycles. The van der Waals surface area contributed by atoms with Crippen LogP contribution >= 0.6 is 0 Å². The summed E-state index contributed by atoms with van der Waals surface area (Å²) >= 11 is 0. The van der Waals surface area contributed by atoms with Gasteiger partial charge in [0.15, 0.2) is 0 Å². The zero-order chi connectivity index (χ0) is 14.0. The largest absolute Gasteiger partial charge is 0.384 e. The molecule has 2 unspecified atom stereocenters. The number of hydrogen-bond donors (Lipinski definition) is 1. The number of anilines is 1. The van der Waals surface area contributed by atoms with Crippen molar-refractivity contribution in [2.75, 3.05) is 18.8 Å². The number of carbonyl (C=O) groups is 1. The summed E-state index contributed by atoms with van der Waals surface area (Å²) < 4.78 is 0. The smallest absolute Gasteiger partial charge is 0.254 e. The first kappa shape index (κ1) is 13.8. The maximum absolute atomic E-state index is 12.5. The molecular formula is C15H23N3O. The Morgan fingerprint density at radius 3 is 2.79 bits per heavy atom. The Kier molecular flexibility index (Phi) is 4.08. The number of aromatic nitrogens is 1. The summed E-state index contributed by atoms with van der Waals surface area (Å²) in [5, 5.41) is 0. The van der Waals surface area contributed by atoms with Crippen molar-refractivity contribution in [3.8, 4) is 0 Å². The molecule has 1 amide bonds. The Morgan fingerprint density at radius 1 is 1.42 bits per heavy atom. The highest BCUT2D eigenvalue weighted by atomic mass is 16.2. The fourth-order valence-electron chi connectivity index (χ4n) is 2.55. The van der Waals surface area contributed by atoms with Gasteiger partial charge in [-0.3, -0.25) is 4.79 Å². The summed E-state index contributed by atoms with van der Waals surface area (Å²) in [5.74, 6) is 1.77. The van der Waals surface area contributed by atoms with Crippen molar-refractivity contribution >= 4 is 11.7 Å². The lowest BCUT2D eigenvalue weighted by Gasteiger charge is -2.35. The monoisotopic (exact) mass is 261 g/mol. The Morgan fingerprint density at radius 2 is 2.16 bits per heavy atom. The van der Waals surface area contributed by atoms with Crippen molar-refractivity contribution in [2.24, 2.45) is 11.8 Å². The molecule has 0 spiro atoms. The number of amides is 1. The number of piperidine rings is 1. The molecule has 19 heavy (non-hydrogen) atoms. The van der Waals surface area contributed by atoms with Gasteiger partial charge in [0.1, 0.15) is 5.82 Å². The molecular weight excluding hydrogens is 238 g/mol. The molecule has 1 saturated heterocycles. The molecule has 2 N–H and O–H groups in total. The standard InChI is InChI=1S/C15H23N3O/c1-4-13-7-12(8-14(16)17-13)15(19)18-6-5-10(2)11(3)9-18/h7-8,10-11H,4-6,9H2,1-3H3,(H2,16,17). The lowest BCUT2D eigenvalue weighted by molar-refractivity contribution is 0.0627. The van der Waals surface area contributed by atoms with Crippen molar-refractivity contribution < 1.29 is 4.79 Å². The van der Waals surface area contributed by atoms with E-state index in [-0.39, 0.29) is 5.91 Å². The predicted octanol–water partition coefficient (Wildman–Crippen LogP) is 2.34. The van der Waals surface area contributed by atoms with Crippen molar-refractivity contribution in [1.82, 2.24) is 9.88 Å². The number of nitrogens with two attached hydrogens (primary N) is 1. The van der Waals surface area contributed by atoms with Gasteiger partial charge in [0.25, 0.3) is 5.91 Å². The van der Waals surface area contributed by atoms with E-state index in [1.165, 1.54) is 0 Å². The van der Waals surface area contributed by atoms with Gasteiger partial charge in [-0.25, -0.2) is 4.98 Å². The maximum Gasteiger partial charge on any atom is 0.254 e. The molecule has 4 heteroatoms. The fraction of sp³-hybridized carbons (Fsp3) is 0.600. The van der Waals surface area contributed by atoms with Gasteiger partial charge in [0.05, 0.1) is 0 Å². The molecule has 2 rings (SSSR count). The van der Waals surface area contributed by atoms with E-state index in [0.29, 0.717) is 23.2 Å². The van der Waals surface area contributed by atoms with Crippen molar-refractivity contribution in [3.63, 3.8) is 0 Å². The van der Waals surface area contributed by atoms with Crippen LogP contribution in [0, 0.1) is 11.8 Å². The first-order valence-electron chi connectivity index (χ1n) is 7.07. The van der Waals surface area contributed by atoms with Crippen LogP contribution in [0.5, 0.6) is 0 Å². The SMILES string of the molecule is CCc1cc(C(=O)N2CCC(C)C(C)C2)cc(N)n1. The van der Waals surface area contributed by atoms with Crippen LogP contribution in [0.3, 0.4) is 0 Å². The lowest BCUT2D eigenvalue weighted by Crippen LogP contribution is -2.42. The summed E-state index contributed by atoms with van der Waals surface area (Å²) in [4.78, 5) is 18.7. The van der Waals surface area contributed by atoms with E-state index in [9.17, 15) is 4.79 Å². The van der Waals surface area contributed by atoms with E-state index in [4.69, 9.17) is 5.73 Å². The highest BCUT2D eigenvalue weighted by Crippen LogP contribution is 2.24. The first-order chi connectivity index (χ1) is 9.01. The number of rotatable bonds is 2. The molecule has 1 fully saturated rings. The van der Waals surface area contributed by atoms with Gasteiger partial charge in [0.2, 0.25) is 0 Å². The molecule has 104 valence electrons. The lowest BCUT2D eigenvalue weighted by atomic mass is 9.88. The Balaban J connectivity index is 2.17. The third-order valence-electron chi connectivity index (χ3n) is 4.13. The molecule has 0 radical (unpaired) electrons. The summed E-state index contributed by atoms with van der Waals surface area (Å²) in [6, 6.07) is 3.55. The molecule has 0 aliphatic carbocycles. The minimum atomic E-state index is 0.0857. The average molecular weight is 261 g/mol. The number of pyridine rings is 1. The average Bonchev–Trinajstić information content (AvgIpc) is 2.40. The molecule has 1 aromatic rings. The topological polar surface area (TPSA) is 59.2 Å². The number of carbonyl (C=O) groups excluding carboxylic acids is 1. The van der Waals surface area contributed by atoms with Gasteiger partial charge in [-0.05, 0) is 36.8 Å². The quantitative estimate of drug-likeness (QED) is 0.889. The molecule has 0 saturated carbocycles. The third kappa shape index (κ3) is 3.06. The van der Waals surface area contributed by atoms with E-state index in [1.54, 1.807) is 6.07 Å². The van der Waals surface area contributed by atoms with Crippen molar-refractivity contribution in [2.45, 2.75) is 33.6 Å². The van der Waals surface area contributed by atoms with Crippen molar-refractivity contribution in [1.29, 1.82) is 0 Å². The summed E-state index contributed by atoms with van der Waals surface area (Å²) in [6.45, 7) is 8.16. The van der Waals surface area contributed by atoms with E-state index >= 15 is 0 Å². The summed E-state index contributed by atoms with van der Waals surface area (Å²) in [6.07, 6.45) is 1.87. The van der Waals surface area contributed by atoms with E-state index < -0.39 is 0 Å². The zero-order valence-electron chi connectivity index (χ0n) is 12.0. The first-order valence-corrected chi connectivity index (χ1v) is 7.07. The van der Waals surface area contributed by atoms with Crippen LogP contribution in [-0.4, -0.2) is 28.9 Å². The Bertz CT molecular complexity index is 472. The number of nitrogen functional groups attached to an aromatic ring is 1. The van der Waals surface area contributed by atoms with Crippen LogP contribution in [0.4, 0.5) is 5.82 Å². The van der Waals surface area contributed by atoms with Gasteiger partial charge in [0, 0.05) is 24.3 Å². The fourth-order valence-corrected chi connectivity index (χ4v) is 2.55. The van der Waals surface area contributed by atoms with Gasteiger partial charge < -0.3 is 10.6 Å². The third-order valence-corrected chi connectivity index (χ3v) is 4.13. The minimum Gasteiger partial charge on any atom is -0.384 e. The summed E-state index contributed by atoms with van der Waals surface area (Å²) in [5.41, 5.74) is 7.32. The van der Waals surface area contributed by atoms with Crippen LogP contribution in [0.25, 0.3) is 0 Å². The van der Waals surface area contributed by atoms with E-state index in [1.807, 2.05) is 17.9 Å². The number of hydrogen-bond acceptors (Lipinski definition) is 3. The highest BCUT2D eigenvalue weighted by Gasteiger charge is 2.26.